The molecule has 0 saturated heterocycles. The molecule has 0 spiro atoms. The predicted molar refractivity (Wildman–Crippen MR) is 103 cm³/mol. The van der Waals surface area contributed by atoms with Crippen LogP contribution >= 0.6 is 0 Å². The summed E-state index contributed by atoms with van der Waals surface area (Å²) in [6, 6.07) is 5.87. The van der Waals surface area contributed by atoms with Crippen LogP contribution in [0, 0.1) is 37.0 Å². The van der Waals surface area contributed by atoms with Gasteiger partial charge in [0, 0.05) is 11.7 Å². The van der Waals surface area contributed by atoms with E-state index < -0.39 is 11.8 Å². The predicted octanol–water partition coefficient (Wildman–Crippen LogP) is 3.96. The number of benzene rings is 1. The summed E-state index contributed by atoms with van der Waals surface area (Å²) in [5.74, 6) is 1.45. The van der Waals surface area contributed by atoms with Crippen LogP contribution in [0.25, 0.3) is 0 Å². The molecule has 4 aliphatic carbocycles. The lowest BCUT2D eigenvalue weighted by molar-refractivity contribution is -0.138. The van der Waals surface area contributed by atoms with Crippen LogP contribution in [0.5, 0.6) is 0 Å². The second-order valence-corrected chi connectivity index (χ2v) is 9.25. The molecular formula is C22H30N2O2. The maximum Gasteiger partial charge on any atom is 0.313 e. The second-order valence-electron chi connectivity index (χ2n) is 9.25. The average Bonchev–Trinajstić information content (AvgIpc) is 2.56. The van der Waals surface area contributed by atoms with Gasteiger partial charge in [-0.15, -0.1) is 0 Å². The molecule has 140 valence electrons. The molecule has 1 aromatic rings. The van der Waals surface area contributed by atoms with Crippen molar-refractivity contribution in [2.75, 3.05) is 5.32 Å². The number of anilines is 1. The number of carbonyl (C=O) groups is 2. The van der Waals surface area contributed by atoms with Gasteiger partial charge in [0.2, 0.25) is 0 Å². The summed E-state index contributed by atoms with van der Waals surface area (Å²) in [6.45, 7) is 6.06. The highest BCUT2D eigenvalue weighted by atomic mass is 16.2. The van der Waals surface area contributed by atoms with Gasteiger partial charge in [-0.1, -0.05) is 17.7 Å². The van der Waals surface area contributed by atoms with Crippen LogP contribution < -0.4 is 10.6 Å². The summed E-state index contributed by atoms with van der Waals surface area (Å²) in [4.78, 5) is 24.9. The summed E-state index contributed by atoms with van der Waals surface area (Å²) in [5.41, 5.74) is 3.03. The Labute approximate surface area is 156 Å². The molecule has 1 atom stereocenters. The maximum atomic E-state index is 12.5. The van der Waals surface area contributed by atoms with Crippen molar-refractivity contribution in [1.82, 2.24) is 5.32 Å². The summed E-state index contributed by atoms with van der Waals surface area (Å²) >= 11 is 0. The molecule has 2 N–H and O–H groups in total. The number of hydrogen-bond donors (Lipinski definition) is 2. The SMILES string of the molecule is Cc1ccc(NC(=O)C(=O)NC(C)C23CC4CC(CC(C4)C2)C3)c(C)c1. The Hall–Kier alpha value is -1.84. The first-order valence-electron chi connectivity index (χ1n) is 10.0. The van der Waals surface area contributed by atoms with Gasteiger partial charge in [0.1, 0.15) is 0 Å². The number of amides is 2. The highest BCUT2D eigenvalue weighted by molar-refractivity contribution is 6.39. The summed E-state index contributed by atoms with van der Waals surface area (Å²) < 4.78 is 0. The third-order valence-corrected chi connectivity index (χ3v) is 7.19. The minimum Gasteiger partial charge on any atom is -0.345 e. The monoisotopic (exact) mass is 354 g/mol. The fourth-order valence-electron chi connectivity index (χ4n) is 6.26. The van der Waals surface area contributed by atoms with Crippen LogP contribution in [0.4, 0.5) is 5.69 Å². The van der Waals surface area contributed by atoms with E-state index in [-0.39, 0.29) is 11.5 Å². The van der Waals surface area contributed by atoms with Crippen LogP contribution in [0.15, 0.2) is 18.2 Å². The molecule has 4 bridgehead atoms. The van der Waals surface area contributed by atoms with Gasteiger partial charge in [-0.2, -0.15) is 0 Å². The van der Waals surface area contributed by atoms with Gasteiger partial charge < -0.3 is 10.6 Å². The van der Waals surface area contributed by atoms with Gasteiger partial charge in [-0.25, -0.2) is 0 Å². The smallest absolute Gasteiger partial charge is 0.313 e. The lowest BCUT2D eigenvalue weighted by atomic mass is 9.48. The third-order valence-electron chi connectivity index (χ3n) is 7.19. The molecule has 26 heavy (non-hydrogen) atoms. The molecule has 4 nitrogen and oxygen atoms in total. The Morgan fingerprint density at radius 2 is 1.58 bits per heavy atom. The number of hydrogen-bond acceptors (Lipinski definition) is 2. The van der Waals surface area contributed by atoms with E-state index in [4.69, 9.17) is 0 Å². The standard InChI is InChI=1S/C22H30N2O2/c1-13-4-5-19(14(2)6-13)24-21(26)20(25)23-15(3)22-10-16-7-17(11-22)9-18(8-16)12-22/h4-6,15-18H,7-12H2,1-3H3,(H,23,25)(H,24,26). The van der Waals surface area contributed by atoms with E-state index in [2.05, 4.69) is 17.6 Å². The molecule has 0 heterocycles. The van der Waals surface area contributed by atoms with Crippen LogP contribution in [0.3, 0.4) is 0 Å². The fourth-order valence-corrected chi connectivity index (χ4v) is 6.26. The first-order chi connectivity index (χ1) is 12.3. The Morgan fingerprint density at radius 1 is 1.00 bits per heavy atom. The largest absolute Gasteiger partial charge is 0.345 e. The minimum absolute atomic E-state index is 0.0632. The second kappa shape index (κ2) is 6.40. The van der Waals surface area contributed by atoms with Gasteiger partial charge in [-0.05, 0) is 94.1 Å². The van der Waals surface area contributed by atoms with Crippen LogP contribution in [0.2, 0.25) is 0 Å². The zero-order valence-electron chi connectivity index (χ0n) is 16.1. The Bertz CT molecular complexity index is 704. The van der Waals surface area contributed by atoms with Crippen molar-refractivity contribution in [3.05, 3.63) is 29.3 Å². The molecule has 1 aromatic carbocycles. The molecule has 4 saturated carbocycles. The van der Waals surface area contributed by atoms with Gasteiger partial charge in [0.05, 0.1) is 0 Å². The molecule has 4 aliphatic rings. The molecule has 4 heteroatoms. The van der Waals surface area contributed by atoms with Crippen molar-refractivity contribution in [3.8, 4) is 0 Å². The van der Waals surface area contributed by atoms with Crippen molar-refractivity contribution in [1.29, 1.82) is 0 Å². The van der Waals surface area contributed by atoms with E-state index in [1.807, 2.05) is 32.0 Å². The lowest BCUT2D eigenvalue weighted by Crippen LogP contribution is -2.57. The summed E-state index contributed by atoms with van der Waals surface area (Å²) in [7, 11) is 0. The van der Waals surface area contributed by atoms with Crippen molar-refractivity contribution in [2.45, 2.75) is 65.3 Å². The van der Waals surface area contributed by atoms with Crippen LogP contribution in [-0.2, 0) is 9.59 Å². The maximum absolute atomic E-state index is 12.5. The molecular weight excluding hydrogens is 324 g/mol. The highest BCUT2D eigenvalue weighted by Crippen LogP contribution is 2.61. The Balaban J connectivity index is 1.40. The fraction of sp³-hybridized carbons (Fsp3) is 0.636. The zero-order chi connectivity index (χ0) is 18.5. The summed E-state index contributed by atoms with van der Waals surface area (Å²) in [5, 5.41) is 5.80. The van der Waals surface area contributed by atoms with E-state index in [1.54, 1.807) is 0 Å². The van der Waals surface area contributed by atoms with Crippen molar-refractivity contribution in [3.63, 3.8) is 0 Å². The van der Waals surface area contributed by atoms with Crippen LogP contribution in [-0.4, -0.2) is 17.9 Å². The van der Waals surface area contributed by atoms with Crippen molar-refractivity contribution in [2.24, 2.45) is 23.2 Å². The number of nitrogens with one attached hydrogen (secondary N) is 2. The van der Waals surface area contributed by atoms with Gasteiger partial charge >= 0.3 is 11.8 Å². The molecule has 1 unspecified atom stereocenters. The third kappa shape index (κ3) is 3.15. The van der Waals surface area contributed by atoms with Gasteiger partial charge in [-0.3, -0.25) is 9.59 Å². The molecule has 4 fully saturated rings. The van der Waals surface area contributed by atoms with Crippen LogP contribution in [0.1, 0.15) is 56.6 Å². The number of carbonyl (C=O) groups excluding carboxylic acids is 2. The van der Waals surface area contributed by atoms with E-state index >= 15 is 0 Å². The summed E-state index contributed by atoms with van der Waals surface area (Å²) in [6.07, 6.45) is 7.81. The quantitative estimate of drug-likeness (QED) is 0.807. The number of aryl methyl sites for hydroxylation is 2. The van der Waals surface area contributed by atoms with Gasteiger partial charge in [0.25, 0.3) is 0 Å². The van der Waals surface area contributed by atoms with E-state index in [9.17, 15) is 9.59 Å². The first kappa shape index (κ1) is 17.6. The molecule has 5 rings (SSSR count). The first-order valence-corrected chi connectivity index (χ1v) is 10.0. The molecule has 2 amide bonds. The average molecular weight is 354 g/mol. The van der Waals surface area contributed by atoms with Crippen molar-refractivity contribution >= 4 is 17.5 Å². The van der Waals surface area contributed by atoms with E-state index in [0.29, 0.717) is 5.69 Å². The topological polar surface area (TPSA) is 58.2 Å². The molecule has 0 aliphatic heterocycles. The highest BCUT2D eigenvalue weighted by Gasteiger charge is 2.53. The van der Waals surface area contributed by atoms with E-state index in [1.165, 1.54) is 38.5 Å². The Morgan fingerprint density at radius 3 is 2.12 bits per heavy atom. The van der Waals surface area contributed by atoms with E-state index in [0.717, 1.165) is 28.9 Å². The number of rotatable bonds is 3. The Kier molecular flexibility index (Phi) is 4.32. The molecule has 0 radical (unpaired) electrons. The zero-order valence-corrected chi connectivity index (χ0v) is 16.1. The molecule has 0 aromatic heterocycles. The van der Waals surface area contributed by atoms with Crippen molar-refractivity contribution < 1.29 is 9.59 Å². The minimum atomic E-state index is -0.562. The van der Waals surface area contributed by atoms with Gasteiger partial charge in [0.15, 0.2) is 0 Å². The normalized spacial score (nSPS) is 33.0. The lowest BCUT2D eigenvalue weighted by Gasteiger charge is -2.59.